The fraction of sp³-hybridized carbons (Fsp3) is 0.133. The maximum Gasteiger partial charge on any atom is 0.340 e. The molecule has 92 valence electrons. The van der Waals surface area contributed by atoms with E-state index in [2.05, 4.69) is 0 Å². The molecule has 18 heavy (non-hydrogen) atoms. The zero-order valence-corrected chi connectivity index (χ0v) is 9.78. The molecule has 0 saturated heterocycles. The third kappa shape index (κ3) is 2.41. The van der Waals surface area contributed by atoms with Gasteiger partial charge in [0.1, 0.15) is 0 Å². The van der Waals surface area contributed by atoms with Crippen LogP contribution >= 0.6 is 0 Å². The summed E-state index contributed by atoms with van der Waals surface area (Å²) in [6.45, 7) is 0. The Morgan fingerprint density at radius 2 is 1.44 bits per heavy atom. The summed E-state index contributed by atoms with van der Waals surface area (Å²) < 4.78 is 0. The molecule has 0 bridgehead atoms. The molecule has 0 unspecified atom stereocenters. The van der Waals surface area contributed by atoms with Gasteiger partial charge in [0.25, 0.3) is 0 Å². The molecule has 3 nitrogen and oxygen atoms in total. The quantitative estimate of drug-likeness (QED) is 0.864. The van der Waals surface area contributed by atoms with Crippen LogP contribution < -0.4 is 0 Å². The molecule has 2 aromatic carbocycles. The molecule has 0 saturated carbocycles. The highest BCUT2D eigenvalue weighted by Gasteiger charge is 2.37. The first kappa shape index (κ1) is 12.3. The monoisotopic (exact) mass is 242 g/mol. The van der Waals surface area contributed by atoms with Gasteiger partial charge in [0.05, 0.1) is 0 Å². The van der Waals surface area contributed by atoms with Crippen LogP contribution in [0.4, 0.5) is 0 Å². The fourth-order valence-electron chi connectivity index (χ4n) is 1.91. The summed E-state index contributed by atoms with van der Waals surface area (Å²) in [6, 6.07) is 17.6. The van der Waals surface area contributed by atoms with Crippen LogP contribution in [0.5, 0.6) is 0 Å². The molecule has 0 aliphatic heterocycles. The summed E-state index contributed by atoms with van der Waals surface area (Å²) in [4.78, 5) is 11.4. The molecule has 2 rings (SSSR count). The minimum absolute atomic E-state index is 0.0488. The van der Waals surface area contributed by atoms with Crippen molar-refractivity contribution in [3.05, 3.63) is 71.8 Å². The van der Waals surface area contributed by atoms with Crippen LogP contribution in [0, 0.1) is 0 Å². The van der Waals surface area contributed by atoms with Crippen LogP contribution in [-0.4, -0.2) is 16.2 Å². The van der Waals surface area contributed by atoms with E-state index < -0.39 is 11.6 Å². The van der Waals surface area contributed by atoms with E-state index >= 15 is 0 Å². The van der Waals surface area contributed by atoms with Crippen molar-refractivity contribution in [1.82, 2.24) is 0 Å². The van der Waals surface area contributed by atoms with Crippen molar-refractivity contribution in [2.75, 3.05) is 0 Å². The van der Waals surface area contributed by atoms with Gasteiger partial charge in [-0.3, -0.25) is 0 Å². The van der Waals surface area contributed by atoms with Gasteiger partial charge in [0.15, 0.2) is 5.60 Å². The molecule has 2 aromatic rings. The Morgan fingerprint density at radius 3 is 1.94 bits per heavy atom. The largest absolute Gasteiger partial charge is 0.479 e. The number of hydrogen-bond donors (Lipinski definition) is 2. The van der Waals surface area contributed by atoms with Gasteiger partial charge in [-0.1, -0.05) is 60.7 Å². The highest BCUT2D eigenvalue weighted by Crippen LogP contribution is 2.26. The first-order valence-corrected chi connectivity index (χ1v) is 5.68. The topological polar surface area (TPSA) is 57.5 Å². The predicted octanol–water partition coefficient (Wildman–Crippen LogP) is 2.20. The summed E-state index contributed by atoms with van der Waals surface area (Å²) in [7, 11) is 0. The Balaban J connectivity index is 2.37. The molecule has 3 heteroatoms. The molecular formula is C15H14O3. The second-order valence-corrected chi connectivity index (χ2v) is 4.19. The first-order valence-electron chi connectivity index (χ1n) is 5.68. The lowest BCUT2D eigenvalue weighted by molar-refractivity contribution is -0.159. The second kappa shape index (κ2) is 5.02. The van der Waals surface area contributed by atoms with Gasteiger partial charge in [0.2, 0.25) is 0 Å². The molecule has 0 aromatic heterocycles. The summed E-state index contributed by atoms with van der Waals surface area (Å²) in [6.07, 6.45) is 0.0488. The maximum absolute atomic E-state index is 11.4. The van der Waals surface area contributed by atoms with Crippen LogP contribution in [0.25, 0.3) is 0 Å². The molecule has 0 aliphatic carbocycles. The third-order valence-electron chi connectivity index (χ3n) is 2.91. The molecular weight excluding hydrogens is 228 g/mol. The number of aliphatic carboxylic acids is 1. The van der Waals surface area contributed by atoms with E-state index in [1.165, 1.54) is 0 Å². The molecule has 0 heterocycles. The van der Waals surface area contributed by atoms with E-state index in [4.69, 9.17) is 0 Å². The number of carboxylic acid groups (broad SMARTS) is 1. The lowest BCUT2D eigenvalue weighted by atomic mass is 9.87. The minimum Gasteiger partial charge on any atom is -0.479 e. The Bertz CT molecular complexity index is 522. The molecule has 0 spiro atoms. The minimum atomic E-state index is -1.89. The molecule has 0 radical (unpaired) electrons. The number of aliphatic hydroxyl groups is 1. The average Bonchev–Trinajstić information content (AvgIpc) is 2.40. The zero-order valence-electron chi connectivity index (χ0n) is 9.78. The predicted molar refractivity (Wildman–Crippen MR) is 68.1 cm³/mol. The van der Waals surface area contributed by atoms with Gasteiger partial charge in [-0.2, -0.15) is 0 Å². The van der Waals surface area contributed by atoms with E-state index in [1.807, 2.05) is 18.2 Å². The third-order valence-corrected chi connectivity index (χ3v) is 2.91. The van der Waals surface area contributed by atoms with Gasteiger partial charge >= 0.3 is 5.97 Å². The molecule has 2 N–H and O–H groups in total. The zero-order chi connectivity index (χ0) is 13.0. The van der Waals surface area contributed by atoms with Crippen molar-refractivity contribution >= 4 is 5.97 Å². The van der Waals surface area contributed by atoms with Crippen LogP contribution in [0.2, 0.25) is 0 Å². The van der Waals surface area contributed by atoms with Crippen molar-refractivity contribution < 1.29 is 15.0 Å². The highest BCUT2D eigenvalue weighted by molar-refractivity contribution is 5.79. The van der Waals surface area contributed by atoms with Crippen LogP contribution in [-0.2, 0) is 16.8 Å². The van der Waals surface area contributed by atoms with Crippen molar-refractivity contribution in [3.8, 4) is 0 Å². The summed E-state index contributed by atoms with van der Waals surface area (Å²) >= 11 is 0. The number of hydrogen-bond acceptors (Lipinski definition) is 2. The molecule has 0 amide bonds. The smallest absolute Gasteiger partial charge is 0.340 e. The molecule has 0 aliphatic rings. The summed E-state index contributed by atoms with van der Waals surface area (Å²) in [5.74, 6) is -1.24. The Kier molecular flexibility index (Phi) is 3.44. The Morgan fingerprint density at radius 1 is 0.944 bits per heavy atom. The Hall–Kier alpha value is -2.13. The average molecular weight is 242 g/mol. The van der Waals surface area contributed by atoms with Gasteiger partial charge in [-0.15, -0.1) is 0 Å². The number of rotatable bonds is 4. The second-order valence-electron chi connectivity index (χ2n) is 4.19. The van der Waals surface area contributed by atoms with Gasteiger partial charge in [-0.05, 0) is 11.1 Å². The summed E-state index contributed by atoms with van der Waals surface area (Å²) in [5.41, 5.74) is -0.713. The van der Waals surface area contributed by atoms with Crippen molar-refractivity contribution in [3.63, 3.8) is 0 Å². The molecule has 1 atom stereocenters. The number of carboxylic acids is 1. The first-order chi connectivity index (χ1) is 8.63. The van der Waals surface area contributed by atoms with E-state index in [-0.39, 0.29) is 6.42 Å². The fourth-order valence-corrected chi connectivity index (χ4v) is 1.91. The van der Waals surface area contributed by atoms with Crippen molar-refractivity contribution in [2.45, 2.75) is 12.0 Å². The lowest BCUT2D eigenvalue weighted by Gasteiger charge is -2.24. The maximum atomic E-state index is 11.4. The Labute approximate surface area is 105 Å². The van der Waals surface area contributed by atoms with Crippen molar-refractivity contribution in [1.29, 1.82) is 0 Å². The van der Waals surface area contributed by atoms with E-state index in [0.717, 1.165) is 5.56 Å². The standard InChI is InChI=1S/C15H14O3/c16-14(17)15(18,13-9-5-2-6-10-13)11-12-7-3-1-4-8-12/h1-10,18H,11H2,(H,16,17)/t15-/m1/s1. The van der Waals surface area contributed by atoms with E-state index in [0.29, 0.717) is 5.56 Å². The van der Waals surface area contributed by atoms with Gasteiger partial charge in [0, 0.05) is 6.42 Å². The van der Waals surface area contributed by atoms with Crippen molar-refractivity contribution in [2.24, 2.45) is 0 Å². The van der Waals surface area contributed by atoms with E-state index in [1.54, 1.807) is 42.5 Å². The SMILES string of the molecule is O=C(O)[C@@](O)(Cc1ccccc1)c1ccccc1. The van der Waals surface area contributed by atoms with Gasteiger partial charge < -0.3 is 10.2 Å². The van der Waals surface area contributed by atoms with Crippen LogP contribution in [0.1, 0.15) is 11.1 Å². The lowest BCUT2D eigenvalue weighted by Crippen LogP contribution is -2.37. The van der Waals surface area contributed by atoms with Crippen LogP contribution in [0.15, 0.2) is 60.7 Å². The normalized spacial score (nSPS) is 13.8. The number of benzene rings is 2. The number of carbonyl (C=O) groups is 1. The summed E-state index contributed by atoms with van der Waals surface area (Å²) in [5, 5.41) is 19.7. The van der Waals surface area contributed by atoms with Crippen LogP contribution in [0.3, 0.4) is 0 Å². The molecule has 0 fully saturated rings. The van der Waals surface area contributed by atoms with Gasteiger partial charge in [-0.25, -0.2) is 4.79 Å². The van der Waals surface area contributed by atoms with E-state index in [9.17, 15) is 15.0 Å². The highest BCUT2D eigenvalue weighted by atomic mass is 16.4.